The number of ketones is 1. The van der Waals surface area contributed by atoms with Crippen LogP contribution in [0, 0.1) is 17.8 Å². The molecule has 2 atom stereocenters. The zero-order valence-corrected chi connectivity index (χ0v) is 14.0. The van der Waals surface area contributed by atoms with E-state index in [0.29, 0.717) is 6.54 Å². The standard InChI is InChI=1S/C17H30N2O3/c1-13(2)16(20)14-5-3-4-6-15(14)17(21)18-7-8-19-9-11-22-12-10-19/h13-15H,3-12H2,1-2H3,(H,18,21). The highest BCUT2D eigenvalue weighted by molar-refractivity contribution is 5.89. The Labute approximate surface area is 133 Å². The van der Waals surface area contributed by atoms with Crippen molar-refractivity contribution in [3.63, 3.8) is 0 Å². The van der Waals surface area contributed by atoms with Gasteiger partial charge in [0.2, 0.25) is 5.91 Å². The predicted octanol–water partition coefficient (Wildman–Crippen LogP) is 1.47. The van der Waals surface area contributed by atoms with Crippen LogP contribution in [-0.2, 0) is 14.3 Å². The Kier molecular flexibility index (Phi) is 6.83. The molecule has 0 aromatic rings. The third kappa shape index (κ3) is 4.78. The lowest BCUT2D eigenvalue weighted by atomic mass is 9.74. The van der Waals surface area contributed by atoms with E-state index in [1.165, 1.54) is 0 Å². The molecule has 0 aromatic carbocycles. The fraction of sp³-hybridized carbons (Fsp3) is 0.882. The molecule has 22 heavy (non-hydrogen) atoms. The number of amides is 1. The van der Waals surface area contributed by atoms with Crippen molar-refractivity contribution in [2.75, 3.05) is 39.4 Å². The van der Waals surface area contributed by atoms with Gasteiger partial charge in [-0.2, -0.15) is 0 Å². The first-order valence-corrected chi connectivity index (χ1v) is 8.71. The SMILES string of the molecule is CC(C)C(=O)C1CCCCC1C(=O)NCCN1CCOCC1. The van der Waals surface area contributed by atoms with Crippen molar-refractivity contribution < 1.29 is 14.3 Å². The molecule has 5 nitrogen and oxygen atoms in total. The van der Waals surface area contributed by atoms with Crippen molar-refractivity contribution in [1.29, 1.82) is 0 Å². The Hall–Kier alpha value is -0.940. The third-order valence-electron chi connectivity index (χ3n) is 4.87. The maximum atomic E-state index is 12.5. The molecule has 0 spiro atoms. The van der Waals surface area contributed by atoms with Gasteiger partial charge in [-0.15, -0.1) is 0 Å². The van der Waals surface area contributed by atoms with Gasteiger partial charge in [0.15, 0.2) is 0 Å². The number of hydrogen-bond donors (Lipinski definition) is 1. The molecule has 1 heterocycles. The lowest BCUT2D eigenvalue weighted by Gasteiger charge is -2.31. The van der Waals surface area contributed by atoms with Crippen LogP contribution in [0.4, 0.5) is 0 Å². The van der Waals surface area contributed by atoms with Gasteiger partial charge in [-0.25, -0.2) is 0 Å². The maximum absolute atomic E-state index is 12.5. The van der Waals surface area contributed by atoms with E-state index < -0.39 is 0 Å². The topological polar surface area (TPSA) is 58.6 Å². The summed E-state index contributed by atoms with van der Waals surface area (Å²) in [6, 6.07) is 0. The highest BCUT2D eigenvalue weighted by atomic mass is 16.5. The summed E-state index contributed by atoms with van der Waals surface area (Å²) in [4.78, 5) is 27.1. The Balaban J connectivity index is 1.79. The van der Waals surface area contributed by atoms with E-state index >= 15 is 0 Å². The first-order chi connectivity index (χ1) is 10.6. The van der Waals surface area contributed by atoms with E-state index in [4.69, 9.17) is 4.74 Å². The molecular weight excluding hydrogens is 280 g/mol. The zero-order valence-electron chi connectivity index (χ0n) is 14.0. The van der Waals surface area contributed by atoms with Gasteiger partial charge >= 0.3 is 0 Å². The number of hydrogen-bond acceptors (Lipinski definition) is 4. The molecule has 1 saturated heterocycles. The largest absolute Gasteiger partial charge is 0.379 e. The molecule has 0 bridgehead atoms. The van der Waals surface area contributed by atoms with Crippen molar-refractivity contribution in [3.05, 3.63) is 0 Å². The summed E-state index contributed by atoms with van der Waals surface area (Å²) in [6.07, 6.45) is 3.86. The minimum Gasteiger partial charge on any atom is -0.379 e. The van der Waals surface area contributed by atoms with Gasteiger partial charge in [-0.05, 0) is 12.8 Å². The molecule has 1 saturated carbocycles. The summed E-state index contributed by atoms with van der Waals surface area (Å²) in [7, 11) is 0. The van der Waals surface area contributed by atoms with Gasteiger partial charge in [-0.3, -0.25) is 14.5 Å². The second-order valence-corrected chi connectivity index (χ2v) is 6.80. The Bertz CT molecular complexity index is 378. The van der Waals surface area contributed by atoms with Gasteiger partial charge in [0, 0.05) is 43.9 Å². The normalized spacial score (nSPS) is 26.9. The fourth-order valence-electron chi connectivity index (χ4n) is 3.51. The van der Waals surface area contributed by atoms with Crippen LogP contribution >= 0.6 is 0 Å². The predicted molar refractivity (Wildman–Crippen MR) is 85.6 cm³/mol. The smallest absolute Gasteiger partial charge is 0.223 e. The summed E-state index contributed by atoms with van der Waals surface area (Å²) in [6.45, 7) is 8.84. The number of carbonyl (C=O) groups is 2. The molecule has 2 aliphatic rings. The fourth-order valence-corrected chi connectivity index (χ4v) is 3.51. The molecule has 1 aliphatic carbocycles. The van der Waals surface area contributed by atoms with E-state index in [0.717, 1.165) is 58.5 Å². The van der Waals surface area contributed by atoms with Gasteiger partial charge in [0.25, 0.3) is 0 Å². The molecule has 5 heteroatoms. The molecule has 0 radical (unpaired) electrons. The first-order valence-electron chi connectivity index (χ1n) is 8.71. The second kappa shape index (κ2) is 8.63. The van der Waals surface area contributed by atoms with E-state index in [-0.39, 0.29) is 29.4 Å². The number of Topliss-reactive ketones (excluding diaryl/α,β-unsaturated/α-hetero) is 1. The summed E-state index contributed by atoms with van der Waals surface area (Å²) in [5, 5.41) is 3.05. The van der Waals surface area contributed by atoms with Crippen LogP contribution in [0.1, 0.15) is 39.5 Å². The van der Waals surface area contributed by atoms with E-state index in [2.05, 4.69) is 10.2 Å². The van der Waals surface area contributed by atoms with Crippen LogP contribution in [0.5, 0.6) is 0 Å². The van der Waals surface area contributed by atoms with Crippen molar-refractivity contribution in [2.45, 2.75) is 39.5 Å². The molecule has 0 aromatic heterocycles. The van der Waals surface area contributed by atoms with Crippen molar-refractivity contribution in [3.8, 4) is 0 Å². The second-order valence-electron chi connectivity index (χ2n) is 6.80. The number of nitrogens with one attached hydrogen (secondary N) is 1. The van der Waals surface area contributed by atoms with Gasteiger partial charge < -0.3 is 10.1 Å². The van der Waals surface area contributed by atoms with Crippen molar-refractivity contribution in [2.24, 2.45) is 17.8 Å². The number of carbonyl (C=O) groups excluding carboxylic acids is 2. The third-order valence-corrected chi connectivity index (χ3v) is 4.87. The molecule has 126 valence electrons. The monoisotopic (exact) mass is 310 g/mol. The Morgan fingerprint density at radius 2 is 1.77 bits per heavy atom. The van der Waals surface area contributed by atoms with Gasteiger partial charge in [-0.1, -0.05) is 26.7 Å². The summed E-state index contributed by atoms with van der Waals surface area (Å²) >= 11 is 0. The van der Waals surface area contributed by atoms with E-state index in [1.807, 2.05) is 13.8 Å². The summed E-state index contributed by atoms with van der Waals surface area (Å²) < 4.78 is 5.32. The molecular formula is C17H30N2O3. The van der Waals surface area contributed by atoms with Crippen LogP contribution in [0.25, 0.3) is 0 Å². The summed E-state index contributed by atoms with van der Waals surface area (Å²) in [5.41, 5.74) is 0. The minimum absolute atomic E-state index is 0.0201. The molecule has 1 N–H and O–H groups in total. The lowest BCUT2D eigenvalue weighted by Crippen LogP contribution is -2.45. The van der Waals surface area contributed by atoms with Crippen LogP contribution < -0.4 is 5.32 Å². The van der Waals surface area contributed by atoms with Crippen LogP contribution in [-0.4, -0.2) is 56.0 Å². The average molecular weight is 310 g/mol. The minimum atomic E-state index is -0.117. The highest BCUT2D eigenvalue weighted by Gasteiger charge is 2.36. The van der Waals surface area contributed by atoms with Crippen molar-refractivity contribution >= 4 is 11.7 Å². The van der Waals surface area contributed by atoms with Crippen LogP contribution in [0.15, 0.2) is 0 Å². The van der Waals surface area contributed by atoms with Gasteiger partial charge in [0.05, 0.1) is 13.2 Å². The first kappa shape index (κ1) is 17.4. The van der Waals surface area contributed by atoms with Crippen LogP contribution in [0.2, 0.25) is 0 Å². The maximum Gasteiger partial charge on any atom is 0.223 e. The van der Waals surface area contributed by atoms with E-state index in [9.17, 15) is 9.59 Å². The molecule has 2 rings (SSSR count). The molecule has 1 aliphatic heterocycles. The zero-order chi connectivity index (χ0) is 15.9. The molecule has 1 amide bonds. The molecule has 2 fully saturated rings. The quantitative estimate of drug-likeness (QED) is 0.807. The summed E-state index contributed by atoms with van der Waals surface area (Å²) in [5.74, 6) is 0.164. The Morgan fingerprint density at radius 1 is 1.14 bits per heavy atom. The Morgan fingerprint density at radius 3 is 2.41 bits per heavy atom. The van der Waals surface area contributed by atoms with Crippen LogP contribution in [0.3, 0.4) is 0 Å². The average Bonchev–Trinajstić information content (AvgIpc) is 2.55. The number of morpholine rings is 1. The lowest BCUT2D eigenvalue weighted by molar-refractivity contribution is -0.137. The molecule has 2 unspecified atom stereocenters. The number of ether oxygens (including phenoxy) is 1. The van der Waals surface area contributed by atoms with Gasteiger partial charge in [0.1, 0.15) is 5.78 Å². The van der Waals surface area contributed by atoms with E-state index in [1.54, 1.807) is 0 Å². The van der Waals surface area contributed by atoms with Crippen molar-refractivity contribution in [1.82, 2.24) is 10.2 Å². The number of rotatable bonds is 6. The number of nitrogens with zero attached hydrogens (tertiary/aromatic N) is 1. The highest BCUT2D eigenvalue weighted by Crippen LogP contribution is 2.32.